The van der Waals surface area contributed by atoms with Crippen molar-refractivity contribution in [1.29, 1.82) is 0 Å². The second kappa shape index (κ2) is 9.05. The molecule has 0 spiro atoms. The molecule has 174 valence electrons. The Labute approximate surface area is 183 Å². The van der Waals surface area contributed by atoms with E-state index in [2.05, 4.69) is 22.2 Å². The maximum atomic E-state index is 13.7. The normalized spacial score (nSPS) is 19.7. The van der Waals surface area contributed by atoms with Crippen LogP contribution < -0.4 is 10.2 Å². The fraction of sp³-hybridized carbons (Fsp3) is 0.619. The molecule has 32 heavy (non-hydrogen) atoms. The molecule has 2 aliphatic rings. The van der Waals surface area contributed by atoms with Crippen LogP contribution in [0.2, 0.25) is 0 Å². The van der Waals surface area contributed by atoms with E-state index >= 15 is 0 Å². The van der Waals surface area contributed by atoms with Gasteiger partial charge in [0.2, 0.25) is 5.91 Å². The second-order valence-electron chi connectivity index (χ2n) is 8.32. The number of nitrogens with zero attached hydrogens (tertiary/aromatic N) is 5. The van der Waals surface area contributed by atoms with Gasteiger partial charge in [0.25, 0.3) is 0 Å². The van der Waals surface area contributed by atoms with Gasteiger partial charge in [-0.25, -0.2) is 15.0 Å². The van der Waals surface area contributed by atoms with Crippen LogP contribution in [0.3, 0.4) is 0 Å². The second-order valence-corrected chi connectivity index (χ2v) is 8.32. The number of alkyl halides is 3. The van der Waals surface area contributed by atoms with Gasteiger partial charge < -0.3 is 19.9 Å². The summed E-state index contributed by atoms with van der Waals surface area (Å²) in [6, 6.07) is 0. The van der Waals surface area contributed by atoms with Gasteiger partial charge in [0.1, 0.15) is 23.8 Å². The van der Waals surface area contributed by atoms with Crippen LogP contribution in [0.25, 0.3) is 0 Å². The van der Waals surface area contributed by atoms with Crippen LogP contribution in [0.1, 0.15) is 61.5 Å². The Morgan fingerprint density at radius 1 is 1.25 bits per heavy atom. The Kier molecular flexibility index (Phi) is 6.36. The van der Waals surface area contributed by atoms with Crippen molar-refractivity contribution < 1.29 is 23.1 Å². The zero-order valence-corrected chi connectivity index (χ0v) is 17.9. The smallest absolute Gasteiger partial charge is 0.395 e. The minimum atomic E-state index is -4.56. The molecule has 2 aromatic heterocycles. The number of aromatic nitrogens is 4. The Morgan fingerprint density at radius 3 is 2.66 bits per heavy atom. The third kappa shape index (κ3) is 4.43. The fourth-order valence-corrected chi connectivity index (χ4v) is 4.63. The number of hydrogen-bond acceptors (Lipinski definition) is 6. The first-order valence-corrected chi connectivity index (χ1v) is 10.9. The molecule has 1 amide bonds. The van der Waals surface area contributed by atoms with Crippen molar-refractivity contribution in [3.05, 3.63) is 29.6 Å². The summed E-state index contributed by atoms with van der Waals surface area (Å²) in [6.45, 7) is 3.61. The van der Waals surface area contributed by atoms with Crippen LogP contribution in [0.4, 0.5) is 24.8 Å². The van der Waals surface area contributed by atoms with Crippen molar-refractivity contribution in [3.8, 4) is 0 Å². The average molecular weight is 452 g/mol. The molecule has 2 aliphatic heterocycles. The summed E-state index contributed by atoms with van der Waals surface area (Å²) in [6.07, 6.45) is 1.21. The van der Waals surface area contributed by atoms with E-state index in [4.69, 9.17) is 4.98 Å². The largest absolute Gasteiger partial charge is 0.396 e. The Bertz CT molecular complexity index is 969. The lowest BCUT2D eigenvalue weighted by Crippen LogP contribution is -2.38. The van der Waals surface area contributed by atoms with Gasteiger partial charge in [0, 0.05) is 38.2 Å². The number of aryl methyl sites for hydroxylation is 1. The predicted octanol–water partition coefficient (Wildman–Crippen LogP) is 2.99. The number of anilines is 2. The van der Waals surface area contributed by atoms with Crippen LogP contribution in [0.15, 0.2) is 12.5 Å². The molecule has 0 bridgehead atoms. The number of hydrogen-bond donors (Lipinski definition) is 2. The van der Waals surface area contributed by atoms with Crippen LogP contribution in [0.5, 0.6) is 0 Å². The highest BCUT2D eigenvalue weighted by molar-refractivity contribution is 5.94. The Hall–Kier alpha value is -2.69. The molecule has 2 N–H and O–H groups in total. The molecule has 0 radical (unpaired) electrons. The summed E-state index contributed by atoms with van der Waals surface area (Å²) in [7, 11) is 0. The number of aliphatic hydroxyl groups excluding tert-OH is 1. The third-order valence-corrected chi connectivity index (χ3v) is 6.12. The van der Waals surface area contributed by atoms with Gasteiger partial charge in [0.15, 0.2) is 0 Å². The van der Waals surface area contributed by atoms with Crippen LogP contribution in [0, 0.1) is 0 Å². The summed E-state index contributed by atoms with van der Waals surface area (Å²) in [5.74, 6) is -1.35. The maximum absolute atomic E-state index is 13.7. The minimum Gasteiger partial charge on any atom is -0.395 e. The molecule has 11 heteroatoms. The van der Waals surface area contributed by atoms with Crippen molar-refractivity contribution in [2.45, 2.75) is 63.6 Å². The molecule has 8 nitrogen and oxygen atoms in total. The highest BCUT2D eigenvalue weighted by atomic mass is 19.4. The van der Waals surface area contributed by atoms with E-state index < -0.39 is 24.4 Å². The number of carbonyl (C=O) groups is 1. The van der Waals surface area contributed by atoms with Gasteiger partial charge in [-0.1, -0.05) is 13.3 Å². The molecule has 4 rings (SSSR count). The first-order chi connectivity index (χ1) is 15.3. The lowest BCUT2D eigenvalue weighted by molar-refractivity contribution is -0.156. The number of nitrogens with one attached hydrogen (secondary N) is 1. The van der Waals surface area contributed by atoms with Crippen molar-refractivity contribution in [1.82, 2.24) is 19.5 Å². The summed E-state index contributed by atoms with van der Waals surface area (Å²) < 4.78 is 43.2. The van der Waals surface area contributed by atoms with Crippen LogP contribution >= 0.6 is 0 Å². The number of rotatable bonds is 6. The van der Waals surface area contributed by atoms with E-state index in [1.165, 1.54) is 6.33 Å². The Balaban J connectivity index is 1.56. The van der Waals surface area contributed by atoms with E-state index in [-0.39, 0.29) is 29.7 Å². The number of piperidine rings is 1. The lowest BCUT2D eigenvalue weighted by Gasteiger charge is -2.36. The van der Waals surface area contributed by atoms with Crippen molar-refractivity contribution in [2.75, 3.05) is 29.9 Å². The summed E-state index contributed by atoms with van der Waals surface area (Å²) in [5.41, 5.74) is 0.942. The molecule has 0 aliphatic carbocycles. The first kappa shape index (κ1) is 22.5. The summed E-state index contributed by atoms with van der Waals surface area (Å²) in [4.78, 5) is 26.5. The molecule has 1 fully saturated rings. The third-order valence-electron chi connectivity index (χ3n) is 6.12. The SMILES string of the molecule is CCCc1cn(CCO)c(C2CCN(c3ncnc4c3[C@H](C(F)(F)F)CC(=O)N4)CC2)n1. The van der Waals surface area contributed by atoms with Gasteiger partial charge >= 0.3 is 6.18 Å². The van der Waals surface area contributed by atoms with Gasteiger partial charge in [-0.05, 0) is 19.3 Å². The highest BCUT2D eigenvalue weighted by Crippen LogP contribution is 2.46. The van der Waals surface area contributed by atoms with E-state index in [1.807, 2.05) is 15.7 Å². The van der Waals surface area contributed by atoms with E-state index in [0.29, 0.717) is 32.5 Å². The first-order valence-electron chi connectivity index (χ1n) is 10.9. The summed E-state index contributed by atoms with van der Waals surface area (Å²) in [5, 5.41) is 11.9. The average Bonchev–Trinajstić information content (AvgIpc) is 3.15. The zero-order valence-electron chi connectivity index (χ0n) is 17.9. The quantitative estimate of drug-likeness (QED) is 0.700. The molecule has 0 aromatic carbocycles. The van der Waals surface area contributed by atoms with Crippen molar-refractivity contribution >= 4 is 17.5 Å². The van der Waals surface area contributed by atoms with Crippen molar-refractivity contribution in [3.63, 3.8) is 0 Å². The van der Waals surface area contributed by atoms with Crippen LogP contribution in [-0.2, 0) is 17.8 Å². The zero-order chi connectivity index (χ0) is 22.9. The lowest BCUT2D eigenvalue weighted by atomic mass is 9.90. The molecular weight excluding hydrogens is 425 g/mol. The molecule has 4 heterocycles. The topological polar surface area (TPSA) is 96.2 Å². The van der Waals surface area contributed by atoms with Crippen LogP contribution in [-0.4, -0.2) is 56.4 Å². The minimum absolute atomic E-state index is 0.0192. The van der Waals surface area contributed by atoms with Crippen molar-refractivity contribution in [2.24, 2.45) is 0 Å². The fourth-order valence-electron chi connectivity index (χ4n) is 4.63. The molecular formula is C21H27F3N6O2. The Morgan fingerprint density at radius 2 is 2.00 bits per heavy atom. The van der Waals surface area contributed by atoms with Gasteiger partial charge in [-0.15, -0.1) is 0 Å². The number of carbonyl (C=O) groups excluding carboxylic acids is 1. The number of halogens is 3. The maximum Gasteiger partial charge on any atom is 0.396 e. The van der Waals surface area contributed by atoms with E-state index in [0.717, 1.165) is 24.4 Å². The standard InChI is InChI=1S/C21H27F3N6O2/c1-2-3-14-11-30(8-9-31)19(27-14)13-4-6-29(7-5-13)20-17-15(21(22,23)24)10-16(32)28-18(17)25-12-26-20/h11-13,15,31H,2-10H2,1H3,(H,25,26,28,32)/t15-/m1/s1. The monoisotopic (exact) mass is 452 g/mol. The molecule has 1 saturated heterocycles. The van der Waals surface area contributed by atoms with Gasteiger partial charge in [-0.2, -0.15) is 13.2 Å². The predicted molar refractivity (Wildman–Crippen MR) is 112 cm³/mol. The molecule has 2 aromatic rings. The van der Waals surface area contributed by atoms with E-state index in [1.54, 1.807) is 0 Å². The van der Waals surface area contributed by atoms with Gasteiger partial charge in [0.05, 0.1) is 23.8 Å². The molecule has 0 saturated carbocycles. The summed E-state index contributed by atoms with van der Waals surface area (Å²) >= 11 is 0. The van der Waals surface area contributed by atoms with Gasteiger partial charge in [-0.3, -0.25) is 4.79 Å². The number of fused-ring (bicyclic) bond motifs is 1. The van der Waals surface area contributed by atoms with E-state index in [9.17, 15) is 23.1 Å². The molecule has 1 atom stereocenters. The number of imidazole rings is 1. The highest BCUT2D eigenvalue weighted by Gasteiger charge is 2.48. The molecule has 0 unspecified atom stereocenters. The number of amides is 1. The number of aliphatic hydroxyl groups is 1.